The van der Waals surface area contributed by atoms with E-state index in [1.54, 1.807) is 24.3 Å². The zero-order chi connectivity index (χ0) is 17.4. The topological polar surface area (TPSA) is 70.9 Å². The molecule has 2 rings (SSSR count). The number of hydrogen-bond acceptors (Lipinski definition) is 4. The number of aromatic hydroxyl groups is 1. The Morgan fingerprint density at radius 1 is 1.25 bits per heavy atom. The zero-order valence-electron chi connectivity index (χ0n) is 13.9. The highest BCUT2D eigenvalue weighted by Gasteiger charge is 2.05. The molecule has 1 atom stereocenters. The number of ether oxygens (including phenoxy) is 1. The van der Waals surface area contributed by atoms with Crippen LogP contribution in [0.3, 0.4) is 0 Å². The van der Waals surface area contributed by atoms with Gasteiger partial charge in [-0.15, -0.1) is 0 Å². The molecule has 0 unspecified atom stereocenters. The van der Waals surface area contributed by atoms with Gasteiger partial charge in [0.1, 0.15) is 11.5 Å². The molecular weight excluding hydrogens is 304 g/mol. The quantitative estimate of drug-likeness (QED) is 0.605. The van der Waals surface area contributed by atoms with Crippen molar-refractivity contribution in [1.82, 2.24) is 5.43 Å². The Bertz CT molecular complexity index is 696. The highest BCUT2D eigenvalue weighted by atomic mass is 16.5. The lowest BCUT2D eigenvalue weighted by atomic mass is 9.99. The van der Waals surface area contributed by atoms with Crippen molar-refractivity contribution < 1.29 is 14.6 Å². The zero-order valence-corrected chi connectivity index (χ0v) is 13.9. The lowest BCUT2D eigenvalue weighted by molar-refractivity contribution is -0.123. The van der Waals surface area contributed by atoms with E-state index in [2.05, 4.69) is 24.4 Å². The van der Waals surface area contributed by atoms with Gasteiger partial charge in [-0.1, -0.05) is 38.1 Å². The molecule has 0 bridgehead atoms. The lowest BCUT2D eigenvalue weighted by Gasteiger charge is -2.10. The SMILES string of the molecule is CC[C@@H](C)c1ccc(OCC(=O)N/N=C/c2ccccc2O)cc1. The van der Waals surface area contributed by atoms with E-state index in [-0.39, 0.29) is 18.3 Å². The number of phenols is 1. The van der Waals surface area contributed by atoms with Crippen LogP contribution in [-0.2, 0) is 4.79 Å². The molecule has 0 aromatic heterocycles. The van der Waals surface area contributed by atoms with Crippen molar-refractivity contribution in [3.63, 3.8) is 0 Å². The normalized spacial score (nSPS) is 12.1. The molecule has 0 aliphatic carbocycles. The molecule has 0 fully saturated rings. The van der Waals surface area contributed by atoms with Gasteiger partial charge in [0.15, 0.2) is 6.61 Å². The highest BCUT2D eigenvalue weighted by Crippen LogP contribution is 2.21. The minimum absolute atomic E-state index is 0.105. The number of hydrazone groups is 1. The molecule has 5 heteroatoms. The van der Waals surface area contributed by atoms with Crippen LogP contribution in [0, 0.1) is 0 Å². The van der Waals surface area contributed by atoms with E-state index in [0.717, 1.165) is 6.42 Å². The largest absolute Gasteiger partial charge is 0.507 e. The van der Waals surface area contributed by atoms with Gasteiger partial charge >= 0.3 is 0 Å². The van der Waals surface area contributed by atoms with Crippen molar-refractivity contribution in [1.29, 1.82) is 0 Å². The molecule has 0 radical (unpaired) electrons. The van der Waals surface area contributed by atoms with Crippen LogP contribution in [0.1, 0.15) is 37.3 Å². The third-order valence-corrected chi connectivity index (χ3v) is 3.76. The second kappa shape index (κ2) is 8.72. The third-order valence-electron chi connectivity index (χ3n) is 3.76. The van der Waals surface area contributed by atoms with Crippen LogP contribution in [0.4, 0.5) is 0 Å². The van der Waals surface area contributed by atoms with Crippen LogP contribution in [0.5, 0.6) is 11.5 Å². The fourth-order valence-electron chi connectivity index (χ4n) is 2.08. The molecule has 0 spiro atoms. The molecule has 1 amide bonds. The van der Waals surface area contributed by atoms with Gasteiger partial charge in [-0.05, 0) is 42.2 Å². The van der Waals surface area contributed by atoms with E-state index >= 15 is 0 Å². The summed E-state index contributed by atoms with van der Waals surface area (Å²) < 4.78 is 5.43. The number of nitrogens with one attached hydrogen (secondary N) is 1. The summed E-state index contributed by atoms with van der Waals surface area (Å²) in [5, 5.41) is 13.4. The molecule has 2 aromatic carbocycles. The van der Waals surface area contributed by atoms with Crippen LogP contribution in [0.25, 0.3) is 0 Å². The summed E-state index contributed by atoms with van der Waals surface area (Å²) >= 11 is 0. The third kappa shape index (κ3) is 5.12. The molecule has 0 saturated carbocycles. The van der Waals surface area contributed by atoms with Crippen LogP contribution < -0.4 is 10.2 Å². The molecule has 2 aromatic rings. The van der Waals surface area contributed by atoms with Crippen molar-refractivity contribution in [2.75, 3.05) is 6.61 Å². The van der Waals surface area contributed by atoms with Gasteiger partial charge in [0.05, 0.1) is 6.21 Å². The molecule has 24 heavy (non-hydrogen) atoms. The number of nitrogens with zero attached hydrogens (tertiary/aromatic N) is 1. The molecule has 0 aliphatic heterocycles. The predicted molar refractivity (Wildman–Crippen MR) is 94.5 cm³/mol. The summed E-state index contributed by atoms with van der Waals surface area (Å²) in [7, 11) is 0. The number of para-hydroxylation sites is 1. The first kappa shape index (κ1) is 17.5. The molecule has 0 aliphatic rings. The van der Waals surface area contributed by atoms with Gasteiger partial charge in [-0.3, -0.25) is 4.79 Å². The molecule has 0 heterocycles. The van der Waals surface area contributed by atoms with Gasteiger partial charge in [-0.25, -0.2) is 5.43 Å². The Labute approximate surface area is 142 Å². The average molecular weight is 326 g/mol. The maximum absolute atomic E-state index is 11.7. The van der Waals surface area contributed by atoms with Crippen LogP contribution >= 0.6 is 0 Å². The van der Waals surface area contributed by atoms with E-state index in [1.165, 1.54) is 11.8 Å². The molecule has 5 nitrogen and oxygen atoms in total. The van der Waals surface area contributed by atoms with Crippen molar-refractivity contribution in [3.05, 3.63) is 59.7 Å². The standard InChI is InChI=1S/C19H22N2O3/c1-3-14(2)15-8-10-17(11-9-15)24-13-19(23)21-20-12-16-6-4-5-7-18(16)22/h4-12,14,22H,3,13H2,1-2H3,(H,21,23)/b20-12+/t14-/m1/s1. The number of carbonyl (C=O) groups is 1. The number of amides is 1. The van der Waals surface area contributed by atoms with Gasteiger partial charge in [0, 0.05) is 5.56 Å². The summed E-state index contributed by atoms with van der Waals surface area (Å²) in [5.41, 5.74) is 4.14. The molecule has 0 saturated heterocycles. The van der Waals surface area contributed by atoms with Crippen LogP contribution in [0.2, 0.25) is 0 Å². The van der Waals surface area contributed by atoms with Crippen molar-refractivity contribution in [2.24, 2.45) is 5.10 Å². The summed E-state index contributed by atoms with van der Waals surface area (Å²) in [4.78, 5) is 11.7. The second-order valence-corrected chi connectivity index (χ2v) is 5.52. The molecule has 2 N–H and O–H groups in total. The molecule has 126 valence electrons. The number of phenolic OH excluding ortho intramolecular Hbond substituents is 1. The number of carbonyl (C=O) groups excluding carboxylic acids is 1. The van der Waals surface area contributed by atoms with E-state index in [1.807, 2.05) is 24.3 Å². The first-order valence-corrected chi connectivity index (χ1v) is 7.92. The summed E-state index contributed by atoms with van der Waals surface area (Å²) in [5.74, 6) is 0.883. The van der Waals surface area contributed by atoms with Crippen LogP contribution in [0.15, 0.2) is 53.6 Å². The van der Waals surface area contributed by atoms with Crippen molar-refractivity contribution in [3.8, 4) is 11.5 Å². The lowest BCUT2D eigenvalue weighted by Crippen LogP contribution is -2.24. The van der Waals surface area contributed by atoms with E-state index in [4.69, 9.17) is 4.74 Å². The van der Waals surface area contributed by atoms with Gasteiger partial charge in [0.2, 0.25) is 0 Å². The minimum Gasteiger partial charge on any atom is -0.507 e. The maximum Gasteiger partial charge on any atom is 0.277 e. The predicted octanol–water partition coefficient (Wildman–Crippen LogP) is 3.43. The highest BCUT2D eigenvalue weighted by molar-refractivity contribution is 5.85. The summed E-state index contributed by atoms with van der Waals surface area (Å²) in [6, 6.07) is 14.5. The number of hydrogen-bond donors (Lipinski definition) is 2. The van der Waals surface area contributed by atoms with E-state index < -0.39 is 0 Å². The van der Waals surface area contributed by atoms with Gasteiger partial charge in [-0.2, -0.15) is 5.10 Å². The fraction of sp³-hybridized carbons (Fsp3) is 0.263. The average Bonchev–Trinajstić information content (AvgIpc) is 2.61. The van der Waals surface area contributed by atoms with Crippen LogP contribution in [-0.4, -0.2) is 23.8 Å². The minimum atomic E-state index is -0.368. The fourth-order valence-corrected chi connectivity index (χ4v) is 2.08. The van der Waals surface area contributed by atoms with Gasteiger partial charge in [0.25, 0.3) is 5.91 Å². The van der Waals surface area contributed by atoms with Crippen molar-refractivity contribution >= 4 is 12.1 Å². The Morgan fingerprint density at radius 3 is 2.62 bits per heavy atom. The summed E-state index contributed by atoms with van der Waals surface area (Å²) in [6.07, 6.45) is 2.46. The van der Waals surface area contributed by atoms with Crippen molar-refractivity contribution in [2.45, 2.75) is 26.2 Å². The maximum atomic E-state index is 11.7. The monoisotopic (exact) mass is 326 g/mol. The van der Waals surface area contributed by atoms with E-state index in [0.29, 0.717) is 17.2 Å². The first-order chi connectivity index (χ1) is 11.6. The molecular formula is C19H22N2O3. The Balaban J connectivity index is 1.80. The smallest absolute Gasteiger partial charge is 0.277 e. The summed E-state index contributed by atoms with van der Waals surface area (Å²) in [6.45, 7) is 4.20. The Kier molecular flexibility index (Phi) is 6.37. The van der Waals surface area contributed by atoms with Gasteiger partial charge < -0.3 is 9.84 Å². The Morgan fingerprint density at radius 2 is 1.96 bits per heavy atom. The Hall–Kier alpha value is -2.82. The second-order valence-electron chi connectivity index (χ2n) is 5.52. The first-order valence-electron chi connectivity index (χ1n) is 7.92. The number of benzene rings is 2. The number of rotatable bonds is 7. The van der Waals surface area contributed by atoms with E-state index in [9.17, 15) is 9.90 Å².